The Hall–Kier alpha value is -0.340. The number of hydrogen-bond acceptors (Lipinski definition) is 2. The lowest BCUT2D eigenvalue weighted by Gasteiger charge is -2.39. The minimum absolute atomic E-state index is 0.387. The minimum atomic E-state index is 0.387. The molecule has 1 aromatic rings. The van der Waals surface area contributed by atoms with Crippen molar-refractivity contribution in [2.24, 2.45) is 0 Å². The second-order valence-corrected chi connectivity index (χ2v) is 5.44. The van der Waals surface area contributed by atoms with Crippen LogP contribution in [0.4, 0.5) is 0 Å². The van der Waals surface area contributed by atoms with Crippen molar-refractivity contribution >= 4 is 11.3 Å². The number of hydrogen-bond donors (Lipinski definition) is 0. The van der Waals surface area contributed by atoms with E-state index in [9.17, 15) is 0 Å². The number of likely N-dealkylation sites (N-methyl/N-ethyl adjacent to an activating group) is 1. The maximum absolute atomic E-state index is 2.37. The van der Waals surface area contributed by atoms with Gasteiger partial charge in [-0.3, -0.25) is 0 Å². The lowest BCUT2D eigenvalue weighted by molar-refractivity contribution is 0.154. The molecular weight excluding hydrogens is 178 g/mol. The molecule has 0 bridgehead atoms. The molecule has 0 fully saturated rings. The van der Waals surface area contributed by atoms with Crippen molar-refractivity contribution in [3.8, 4) is 0 Å². The molecule has 0 aromatic carbocycles. The van der Waals surface area contributed by atoms with Gasteiger partial charge in [-0.1, -0.05) is 0 Å². The van der Waals surface area contributed by atoms with Crippen molar-refractivity contribution in [1.29, 1.82) is 0 Å². The Morgan fingerprint density at radius 1 is 1.46 bits per heavy atom. The zero-order chi connectivity index (χ0) is 9.47. The van der Waals surface area contributed by atoms with Gasteiger partial charge in [0.2, 0.25) is 0 Å². The van der Waals surface area contributed by atoms with E-state index in [1.807, 2.05) is 11.3 Å². The summed E-state index contributed by atoms with van der Waals surface area (Å²) in [5.41, 5.74) is 1.97. The van der Waals surface area contributed by atoms with Crippen LogP contribution in [0.25, 0.3) is 0 Å². The van der Waals surface area contributed by atoms with Crippen LogP contribution >= 0.6 is 11.3 Å². The van der Waals surface area contributed by atoms with Crippen molar-refractivity contribution in [3.05, 3.63) is 21.9 Å². The lowest BCUT2D eigenvalue weighted by Crippen LogP contribution is -2.45. The van der Waals surface area contributed by atoms with Gasteiger partial charge in [0.25, 0.3) is 0 Å². The molecular formula is C11H17NS. The second-order valence-electron chi connectivity index (χ2n) is 4.44. The summed E-state index contributed by atoms with van der Waals surface area (Å²) in [6, 6.07) is 2.29. The zero-order valence-electron chi connectivity index (χ0n) is 8.63. The van der Waals surface area contributed by atoms with Gasteiger partial charge < -0.3 is 4.90 Å². The number of nitrogens with zero attached hydrogens (tertiary/aromatic N) is 1. The van der Waals surface area contributed by atoms with E-state index in [0.717, 1.165) is 0 Å². The van der Waals surface area contributed by atoms with Gasteiger partial charge >= 0.3 is 0 Å². The van der Waals surface area contributed by atoms with Crippen LogP contribution in [0.1, 0.15) is 23.8 Å². The predicted octanol–water partition coefficient (Wildman–Crippen LogP) is 2.56. The fraction of sp³-hybridized carbons (Fsp3) is 0.636. The molecule has 0 N–H and O–H groups in total. The van der Waals surface area contributed by atoms with Gasteiger partial charge in [0.1, 0.15) is 0 Å². The molecule has 1 heterocycles. The van der Waals surface area contributed by atoms with Gasteiger partial charge in [0.05, 0.1) is 0 Å². The van der Waals surface area contributed by atoms with Gasteiger partial charge in [-0.05, 0) is 50.9 Å². The number of rotatable bonds is 1. The van der Waals surface area contributed by atoms with Gasteiger partial charge in [0.15, 0.2) is 0 Å². The fourth-order valence-electron chi connectivity index (χ4n) is 1.96. The van der Waals surface area contributed by atoms with E-state index in [0.29, 0.717) is 5.54 Å². The molecule has 0 saturated heterocycles. The summed E-state index contributed by atoms with van der Waals surface area (Å²) in [5.74, 6) is 0. The zero-order valence-corrected chi connectivity index (χ0v) is 9.45. The first-order valence-corrected chi connectivity index (χ1v) is 5.72. The van der Waals surface area contributed by atoms with E-state index in [1.54, 1.807) is 10.4 Å². The Labute approximate surface area is 84.4 Å². The maximum Gasteiger partial charge on any atom is 0.0226 e. The van der Waals surface area contributed by atoms with Crippen LogP contribution in [0.5, 0.6) is 0 Å². The molecule has 1 atom stereocenters. The third-order valence-electron chi connectivity index (χ3n) is 3.39. The molecule has 0 aliphatic heterocycles. The van der Waals surface area contributed by atoms with E-state index in [-0.39, 0.29) is 0 Å². The van der Waals surface area contributed by atoms with Crippen LogP contribution in [-0.4, -0.2) is 24.5 Å². The maximum atomic E-state index is 2.37. The Bertz CT molecular complexity index is 303. The molecule has 1 aliphatic rings. The first-order chi connectivity index (χ1) is 6.12. The normalized spacial score (nSPS) is 27.7. The smallest absolute Gasteiger partial charge is 0.0226 e. The molecule has 1 nitrogen and oxygen atoms in total. The highest BCUT2D eigenvalue weighted by Gasteiger charge is 2.32. The molecule has 1 aromatic heterocycles. The summed E-state index contributed by atoms with van der Waals surface area (Å²) in [5, 5.41) is 2.23. The summed E-state index contributed by atoms with van der Waals surface area (Å²) < 4.78 is 0. The average molecular weight is 195 g/mol. The summed E-state index contributed by atoms with van der Waals surface area (Å²) in [6.45, 7) is 2.37. The van der Waals surface area contributed by atoms with Gasteiger partial charge in [-0.2, -0.15) is 0 Å². The highest BCUT2D eigenvalue weighted by molar-refractivity contribution is 7.10. The molecule has 2 heteroatoms. The molecule has 72 valence electrons. The Morgan fingerprint density at radius 3 is 2.92 bits per heavy atom. The van der Waals surface area contributed by atoms with E-state index in [4.69, 9.17) is 0 Å². The van der Waals surface area contributed by atoms with Crippen molar-refractivity contribution in [2.45, 2.75) is 31.7 Å². The van der Waals surface area contributed by atoms with Crippen molar-refractivity contribution in [2.75, 3.05) is 14.1 Å². The minimum Gasteiger partial charge on any atom is -0.304 e. The molecule has 0 amide bonds. The van der Waals surface area contributed by atoms with Crippen molar-refractivity contribution < 1.29 is 0 Å². The van der Waals surface area contributed by atoms with Crippen LogP contribution in [0, 0.1) is 0 Å². The topological polar surface area (TPSA) is 3.24 Å². The van der Waals surface area contributed by atoms with Crippen LogP contribution < -0.4 is 0 Å². The molecule has 1 aliphatic carbocycles. The summed E-state index contributed by atoms with van der Waals surface area (Å²) in [7, 11) is 4.39. The highest BCUT2D eigenvalue weighted by atomic mass is 32.1. The third-order valence-corrected chi connectivity index (χ3v) is 4.35. The van der Waals surface area contributed by atoms with Crippen LogP contribution in [0.2, 0.25) is 0 Å². The monoisotopic (exact) mass is 195 g/mol. The number of aryl methyl sites for hydroxylation is 1. The van der Waals surface area contributed by atoms with Gasteiger partial charge in [-0.25, -0.2) is 0 Å². The standard InChI is InChI=1S/C11H17NS/c1-11(12(2)3)6-4-9-5-7-13-10(9)8-11/h5,7H,4,6,8H2,1-3H3. The van der Waals surface area contributed by atoms with Crippen LogP contribution in [-0.2, 0) is 12.8 Å². The summed E-state index contributed by atoms with van der Waals surface area (Å²) >= 11 is 1.92. The van der Waals surface area contributed by atoms with Crippen molar-refractivity contribution in [1.82, 2.24) is 4.90 Å². The Morgan fingerprint density at radius 2 is 2.23 bits per heavy atom. The van der Waals surface area contributed by atoms with Crippen LogP contribution in [0.15, 0.2) is 11.4 Å². The van der Waals surface area contributed by atoms with E-state index < -0.39 is 0 Å². The molecule has 0 radical (unpaired) electrons. The van der Waals surface area contributed by atoms with Gasteiger partial charge in [0, 0.05) is 16.8 Å². The SMILES string of the molecule is CN(C)C1(C)CCc2ccsc2C1. The van der Waals surface area contributed by atoms with Gasteiger partial charge in [-0.15, -0.1) is 11.3 Å². The predicted molar refractivity (Wildman–Crippen MR) is 58.4 cm³/mol. The summed E-state index contributed by atoms with van der Waals surface area (Å²) in [6.07, 6.45) is 3.78. The largest absolute Gasteiger partial charge is 0.304 e. The van der Waals surface area contributed by atoms with Crippen LogP contribution in [0.3, 0.4) is 0 Å². The Balaban J connectivity index is 2.25. The molecule has 0 saturated carbocycles. The quantitative estimate of drug-likeness (QED) is 0.665. The summed E-state index contributed by atoms with van der Waals surface area (Å²) in [4.78, 5) is 3.97. The first-order valence-electron chi connectivity index (χ1n) is 4.84. The van der Waals surface area contributed by atoms with E-state index >= 15 is 0 Å². The number of fused-ring (bicyclic) bond motifs is 1. The van der Waals surface area contributed by atoms with E-state index in [1.165, 1.54) is 19.3 Å². The first kappa shape index (κ1) is 9.22. The second kappa shape index (κ2) is 3.10. The third kappa shape index (κ3) is 1.53. The van der Waals surface area contributed by atoms with Crippen molar-refractivity contribution in [3.63, 3.8) is 0 Å². The molecule has 13 heavy (non-hydrogen) atoms. The van der Waals surface area contributed by atoms with E-state index in [2.05, 4.69) is 37.4 Å². The Kier molecular flexibility index (Phi) is 2.20. The molecule has 2 rings (SSSR count). The highest BCUT2D eigenvalue weighted by Crippen LogP contribution is 2.34. The molecule has 0 spiro atoms. The number of thiophene rings is 1. The fourth-order valence-corrected chi connectivity index (χ4v) is 3.08. The molecule has 1 unspecified atom stereocenters. The average Bonchev–Trinajstić information content (AvgIpc) is 2.50. The lowest BCUT2D eigenvalue weighted by atomic mass is 9.82.